The van der Waals surface area contributed by atoms with Crippen molar-refractivity contribution in [2.75, 3.05) is 0 Å². The lowest BCUT2D eigenvalue weighted by Crippen LogP contribution is -2.32. The molecule has 1 aromatic heterocycles. The van der Waals surface area contributed by atoms with Gasteiger partial charge < -0.3 is 4.74 Å². The molecule has 0 fully saturated rings. The highest BCUT2D eigenvalue weighted by Crippen LogP contribution is 2.50. The summed E-state index contributed by atoms with van der Waals surface area (Å²) in [5, 5.41) is 4.91. The molecule has 0 unspecified atom stereocenters. The van der Waals surface area contributed by atoms with Crippen molar-refractivity contribution in [1.82, 2.24) is 0 Å². The monoisotopic (exact) mass is 414 g/mol. The minimum atomic E-state index is 0.923. The van der Waals surface area contributed by atoms with E-state index in [2.05, 4.69) is 111 Å². The van der Waals surface area contributed by atoms with Gasteiger partial charge in [-0.2, -0.15) is 0 Å². The molecule has 32 heavy (non-hydrogen) atoms. The third-order valence-electron chi connectivity index (χ3n) is 6.62. The number of rotatable bonds is 2. The van der Waals surface area contributed by atoms with Crippen molar-refractivity contribution in [3.05, 3.63) is 101 Å². The Labute approximate surface area is 188 Å². The topological polar surface area (TPSA) is 13.1 Å². The van der Waals surface area contributed by atoms with Crippen LogP contribution in [0.5, 0.6) is 11.5 Å². The summed E-state index contributed by atoms with van der Waals surface area (Å²) in [7, 11) is 2.13. The second kappa shape index (κ2) is 7.06. The molecule has 0 atom stereocenters. The van der Waals surface area contributed by atoms with Crippen LogP contribution in [-0.4, -0.2) is 0 Å². The van der Waals surface area contributed by atoms with Gasteiger partial charge in [-0.1, -0.05) is 66.7 Å². The van der Waals surface area contributed by atoms with Gasteiger partial charge in [-0.25, -0.2) is 4.57 Å². The van der Waals surface area contributed by atoms with Gasteiger partial charge in [0.25, 0.3) is 0 Å². The second-order valence-electron chi connectivity index (χ2n) is 8.60. The number of aryl methyl sites for hydroxylation is 3. The highest BCUT2D eigenvalue weighted by atomic mass is 16.5. The molecule has 0 amide bonds. The summed E-state index contributed by atoms with van der Waals surface area (Å²) in [5.74, 6) is 1.90. The normalized spacial score (nSPS) is 12.3. The van der Waals surface area contributed by atoms with Crippen LogP contribution in [0.25, 0.3) is 45.0 Å². The van der Waals surface area contributed by atoms with Crippen LogP contribution in [0.4, 0.5) is 0 Å². The Kier molecular flexibility index (Phi) is 4.16. The van der Waals surface area contributed by atoms with Gasteiger partial charge in [0.1, 0.15) is 18.5 Å². The third kappa shape index (κ3) is 2.76. The smallest absolute Gasteiger partial charge is 0.228 e. The van der Waals surface area contributed by atoms with Crippen molar-refractivity contribution in [2.45, 2.75) is 13.8 Å². The Hall–Kier alpha value is -3.91. The van der Waals surface area contributed by atoms with E-state index in [4.69, 9.17) is 4.74 Å². The molecule has 0 bridgehead atoms. The fraction of sp³-hybridized carbons (Fsp3) is 0.100. The minimum Gasteiger partial charge on any atom is -0.455 e. The lowest BCUT2D eigenvalue weighted by Gasteiger charge is -2.24. The number of ether oxygens (including phenoxy) is 1. The Morgan fingerprint density at radius 1 is 0.750 bits per heavy atom. The van der Waals surface area contributed by atoms with Gasteiger partial charge in [0.05, 0.1) is 10.9 Å². The van der Waals surface area contributed by atoms with Gasteiger partial charge >= 0.3 is 0 Å². The standard InChI is InChI=1S/C30H24NO/c1-19-24-11-7-8-12-25(24)20(2)30-27(19)29-28-23(15-16-31(29)3)17-22(18-26(28)32-30)14-13-21-9-5-4-6-10-21/h4-18H,1-3H3/q+1/b14-13+. The molecule has 0 saturated heterocycles. The van der Waals surface area contributed by atoms with Gasteiger partial charge in [0.2, 0.25) is 5.69 Å². The summed E-state index contributed by atoms with van der Waals surface area (Å²) in [4.78, 5) is 0. The van der Waals surface area contributed by atoms with E-state index in [1.54, 1.807) is 0 Å². The number of pyridine rings is 1. The molecule has 0 radical (unpaired) electrons. The van der Waals surface area contributed by atoms with E-state index in [1.807, 2.05) is 6.07 Å². The predicted molar refractivity (Wildman–Crippen MR) is 133 cm³/mol. The summed E-state index contributed by atoms with van der Waals surface area (Å²) in [6.07, 6.45) is 6.47. The van der Waals surface area contributed by atoms with Gasteiger partial charge in [-0.15, -0.1) is 0 Å². The molecule has 0 spiro atoms. The van der Waals surface area contributed by atoms with Gasteiger partial charge in [-0.05, 0) is 58.8 Å². The lowest BCUT2D eigenvalue weighted by atomic mass is 9.89. The zero-order valence-electron chi connectivity index (χ0n) is 18.5. The SMILES string of the molecule is Cc1c2c(c(C)c3ccccc13)-c1c3c(cc(/C=C/c4ccccc4)cc3cc[n+]1C)O2. The zero-order valence-corrected chi connectivity index (χ0v) is 18.5. The molecular weight excluding hydrogens is 390 g/mol. The molecule has 4 aromatic carbocycles. The first kappa shape index (κ1) is 18.8. The lowest BCUT2D eigenvalue weighted by molar-refractivity contribution is -0.659. The van der Waals surface area contributed by atoms with Crippen LogP contribution in [-0.2, 0) is 7.05 Å². The Morgan fingerprint density at radius 2 is 1.44 bits per heavy atom. The Balaban J connectivity index is 1.62. The van der Waals surface area contributed by atoms with Crippen molar-refractivity contribution in [1.29, 1.82) is 0 Å². The van der Waals surface area contributed by atoms with Crippen molar-refractivity contribution in [3.63, 3.8) is 0 Å². The van der Waals surface area contributed by atoms with E-state index in [-0.39, 0.29) is 0 Å². The highest BCUT2D eigenvalue weighted by Gasteiger charge is 2.31. The molecule has 2 heteroatoms. The number of hydrogen-bond donors (Lipinski definition) is 0. The van der Waals surface area contributed by atoms with Crippen molar-refractivity contribution >= 4 is 33.7 Å². The van der Waals surface area contributed by atoms with E-state index in [9.17, 15) is 0 Å². The molecule has 5 aromatic rings. The maximum Gasteiger partial charge on any atom is 0.228 e. The molecule has 2 nitrogen and oxygen atoms in total. The largest absolute Gasteiger partial charge is 0.455 e. The van der Waals surface area contributed by atoms with Gasteiger partial charge in [0.15, 0.2) is 6.20 Å². The van der Waals surface area contributed by atoms with E-state index in [1.165, 1.54) is 49.5 Å². The Bertz CT molecular complexity index is 1560. The first-order valence-electron chi connectivity index (χ1n) is 11.0. The predicted octanol–water partition coefficient (Wildman–Crippen LogP) is 7.38. The summed E-state index contributed by atoms with van der Waals surface area (Å²) < 4.78 is 8.90. The van der Waals surface area contributed by atoms with Crippen LogP contribution >= 0.6 is 0 Å². The summed E-state index contributed by atoms with van der Waals surface area (Å²) in [5.41, 5.74) is 7.20. The van der Waals surface area contributed by atoms with Gasteiger partial charge in [0, 0.05) is 11.6 Å². The second-order valence-corrected chi connectivity index (χ2v) is 8.60. The van der Waals surface area contributed by atoms with Crippen LogP contribution in [0.15, 0.2) is 79.0 Å². The summed E-state index contributed by atoms with van der Waals surface area (Å²) >= 11 is 0. The number of nitrogens with zero attached hydrogens (tertiary/aromatic N) is 1. The van der Waals surface area contributed by atoms with Crippen molar-refractivity contribution in [2.24, 2.45) is 7.05 Å². The first-order chi connectivity index (χ1) is 15.6. The zero-order chi connectivity index (χ0) is 21.8. The molecule has 1 aliphatic rings. The molecule has 0 N–H and O–H groups in total. The first-order valence-corrected chi connectivity index (χ1v) is 11.0. The maximum atomic E-state index is 6.67. The molecule has 1 aliphatic heterocycles. The van der Waals surface area contributed by atoms with Crippen molar-refractivity contribution < 1.29 is 9.30 Å². The molecule has 6 rings (SSSR count). The van der Waals surface area contributed by atoms with E-state index >= 15 is 0 Å². The number of hydrogen-bond acceptors (Lipinski definition) is 1. The quantitative estimate of drug-likeness (QED) is 0.213. The summed E-state index contributed by atoms with van der Waals surface area (Å²) in [6, 6.07) is 25.6. The van der Waals surface area contributed by atoms with Crippen LogP contribution < -0.4 is 9.30 Å². The minimum absolute atomic E-state index is 0.923. The molecule has 0 aliphatic carbocycles. The molecule has 2 heterocycles. The maximum absolute atomic E-state index is 6.67. The molecular formula is C30H24NO+. The fourth-order valence-corrected chi connectivity index (χ4v) is 5.00. The van der Waals surface area contributed by atoms with E-state index in [0.29, 0.717) is 0 Å². The Morgan fingerprint density at radius 3 is 2.22 bits per heavy atom. The van der Waals surface area contributed by atoms with Gasteiger partial charge in [-0.3, -0.25) is 0 Å². The van der Waals surface area contributed by atoms with Crippen LogP contribution in [0, 0.1) is 13.8 Å². The van der Waals surface area contributed by atoms with Crippen LogP contribution in [0.1, 0.15) is 22.3 Å². The highest BCUT2D eigenvalue weighted by molar-refractivity contribution is 6.07. The fourth-order valence-electron chi connectivity index (χ4n) is 5.00. The summed E-state index contributed by atoms with van der Waals surface area (Å²) in [6.45, 7) is 4.38. The number of benzene rings is 4. The van der Waals surface area contributed by atoms with E-state index < -0.39 is 0 Å². The van der Waals surface area contributed by atoms with Crippen LogP contribution in [0.3, 0.4) is 0 Å². The number of fused-ring (bicyclic) bond motifs is 3. The average molecular weight is 415 g/mol. The molecule has 154 valence electrons. The van der Waals surface area contributed by atoms with Crippen molar-refractivity contribution in [3.8, 4) is 22.8 Å². The average Bonchev–Trinajstić information content (AvgIpc) is 2.83. The van der Waals surface area contributed by atoms with E-state index in [0.717, 1.165) is 17.1 Å². The third-order valence-corrected chi connectivity index (χ3v) is 6.62. The molecule has 0 saturated carbocycles. The number of aromatic nitrogens is 1. The van der Waals surface area contributed by atoms with Crippen LogP contribution in [0.2, 0.25) is 0 Å².